The normalized spacial score (nSPS) is 22.5. The van der Waals surface area contributed by atoms with Crippen LogP contribution in [0.5, 0.6) is 0 Å². The van der Waals surface area contributed by atoms with E-state index in [1.807, 2.05) is 20.8 Å². The molecule has 26 heavy (non-hydrogen) atoms. The maximum absolute atomic E-state index is 11.9. The highest BCUT2D eigenvalue weighted by Crippen LogP contribution is 2.17. The third-order valence-corrected chi connectivity index (χ3v) is 4.87. The monoisotopic (exact) mass is 368 g/mol. The number of ether oxygens (including phenoxy) is 2. The lowest BCUT2D eigenvalue weighted by atomic mass is 9.96. The Kier molecular flexibility index (Phi) is 8.15. The summed E-state index contributed by atoms with van der Waals surface area (Å²) in [6.07, 6.45) is 4.92. The number of hydrogen-bond acceptors (Lipinski definition) is 4. The molecule has 2 N–H and O–H groups in total. The Balaban J connectivity index is 1.62. The Labute approximate surface area is 157 Å². The second-order valence-electron chi connectivity index (χ2n) is 8.13. The zero-order valence-electron chi connectivity index (χ0n) is 16.8. The van der Waals surface area contributed by atoms with E-state index in [9.17, 15) is 4.79 Å². The van der Waals surface area contributed by atoms with Gasteiger partial charge in [0.2, 0.25) is 5.91 Å². The van der Waals surface area contributed by atoms with E-state index < -0.39 is 0 Å². The van der Waals surface area contributed by atoms with Gasteiger partial charge in [0.05, 0.1) is 18.8 Å². The number of carbonyl (C=O) groups excluding carboxylic acids is 1. The average molecular weight is 369 g/mol. The van der Waals surface area contributed by atoms with Gasteiger partial charge in [-0.05, 0) is 25.7 Å². The molecule has 7 nitrogen and oxygen atoms in total. The molecule has 2 heterocycles. The highest BCUT2D eigenvalue weighted by Gasteiger charge is 2.24. The molecule has 0 radical (unpaired) electrons. The molecule has 2 fully saturated rings. The molecule has 0 aliphatic carbocycles. The smallest absolute Gasteiger partial charge is 0.225 e. The van der Waals surface area contributed by atoms with E-state index in [1.165, 1.54) is 0 Å². The van der Waals surface area contributed by atoms with Crippen LogP contribution in [-0.4, -0.2) is 75.4 Å². The van der Waals surface area contributed by atoms with Crippen LogP contribution in [0.25, 0.3) is 0 Å². The van der Waals surface area contributed by atoms with Crippen LogP contribution in [0.4, 0.5) is 0 Å². The van der Waals surface area contributed by atoms with Crippen LogP contribution in [0.2, 0.25) is 0 Å². The highest BCUT2D eigenvalue weighted by atomic mass is 16.5. The zero-order chi connectivity index (χ0) is 19.0. The first-order valence-corrected chi connectivity index (χ1v) is 9.87. The Hall–Kier alpha value is -1.34. The van der Waals surface area contributed by atoms with Crippen LogP contribution in [0, 0.1) is 5.41 Å². The fraction of sp³-hybridized carbons (Fsp3) is 0.895. The predicted octanol–water partition coefficient (Wildman–Crippen LogP) is 1.38. The van der Waals surface area contributed by atoms with Crippen molar-refractivity contribution in [2.75, 3.05) is 46.4 Å². The number of rotatable bonds is 6. The minimum absolute atomic E-state index is 0.0680. The molecular formula is C19H36N4O3. The van der Waals surface area contributed by atoms with E-state index in [-0.39, 0.29) is 11.3 Å². The van der Waals surface area contributed by atoms with Crippen LogP contribution in [-0.2, 0) is 14.3 Å². The first-order chi connectivity index (χ1) is 12.4. The summed E-state index contributed by atoms with van der Waals surface area (Å²) in [6, 6.07) is 0. The van der Waals surface area contributed by atoms with E-state index in [1.54, 1.807) is 7.05 Å². The number of hydrogen-bond donors (Lipinski definition) is 2. The van der Waals surface area contributed by atoms with Crippen LogP contribution in [0.1, 0.15) is 46.5 Å². The summed E-state index contributed by atoms with van der Waals surface area (Å²) in [6.45, 7) is 10.5. The molecular weight excluding hydrogens is 332 g/mol. The Morgan fingerprint density at radius 3 is 2.46 bits per heavy atom. The lowest BCUT2D eigenvalue weighted by molar-refractivity contribution is -0.128. The number of amides is 1. The van der Waals surface area contributed by atoms with Gasteiger partial charge in [-0.25, -0.2) is 0 Å². The number of piperidine rings is 1. The van der Waals surface area contributed by atoms with Gasteiger partial charge in [0, 0.05) is 45.2 Å². The van der Waals surface area contributed by atoms with Crippen molar-refractivity contribution in [1.29, 1.82) is 0 Å². The summed E-state index contributed by atoms with van der Waals surface area (Å²) in [4.78, 5) is 18.5. The molecule has 0 aromatic rings. The Morgan fingerprint density at radius 1 is 1.19 bits per heavy atom. The first-order valence-electron chi connectivity index (χ1n) is 9.87. The van der Waals surface area contributed by atoms with Crippen molar-refractivity contribution in [3.63, 3.8) is 0 Å². The molecule has 0 bridgehead atoms. The SMILES string of the molecule is CN=C(NCCNC(=O)C(C)(C)C)N1CCC(OCC2CCCO2)CC1. The Bertz CT molecular complexity index is 462. The standard InChI is InChI=1S/C19H36N4O3/c1-19(2,3)17(24)21-9-10-22-18(20-4)23-11-7-15(8-12-23)26-14-16-6-5-13-25-16/h15-16H,5-14H2,1-4H3,(H,20,22)(H,21,24). The lowest BCUT2D eigenvalue weighted by Crippen LogP contribution is -2.49. The van der Waals surface area contributed by atoms with Crippen molar-refractivity contribution in [3.8, 4) is 0 Å². The zero-order valence-corrected chi connectivity index (χ0v) is 16.8. The Morgan fingerprint density at radius 2 is 1.88 bits per heavy atom. The number of likely N-dealkylation sites (tertiary alicyclic amines) is 1. The average Bonchev–Trinajstić information content (AvgIpc) is 3.13. The third-order valence-electron chi connectivity index (χ3n) is 4.87. The topological polar surface area (TPSA) is 75.2 Å². The molecule has 2 aliphatic rings. The van der Waals surface area contributed by atoms with Crippen molar-refractivity contribution < 1.29 is 14.3 Å². The van der Waals surface area contributed by atoms with Gasteiger partial charge in [0.15, 0.2) is 5.96 Å². The fourth-order valence-corrected chi connectivity index (χ4v) is 3.20. The highest BCUT2D eigenvalue weighted by molar-refractivity contribution is 5.82. The molecule has 0 aromatic heterocycles. The second kappa shape index (κ2) is 10.1. The van der Waals surface area contributed by atoms with Gasteiger partial charge in [-0.15, -0.1) is 0 Å². The summed E-state index contributed by atoms with van der Waals surface area (Å²) in [5.41, 5.74) is -0.354. The number of nitrogens with zero attached hydrogens (tertiary/aromatic N) is 2. The van der Waals surface area contributed by atoms with E-state index in [4.69, 9.17) is 9.47 Å². The maximum Gasteiger partial charge on any atom is 0.225 e. The van der Waals surface area contributed by atoms with Crippen LogP contribution in [0.3, 0.4) is 0 Å². The van der Waals surface area contributed by atoms with Gasteiger partial charge in [0.1, 0.15) is 0 Å². The maximum atomic E-state index is 11.9. The molecule has 1 amide bonds. The molecule has 1 atom stereocenters. The van der Waals surface area contributed by atoms with Gasteiger partial charge >= 0.3 is 0 Å². The molecule has 2 saturated heterocycles. The van der Waals surface area contributed by atoms with Gasteiger partial charge in [0.25, 0.3) is 0 Å². The summed E-state index contributed by atoms with van der Waals surface area (Å²) in [5.74, 6) is 0.964. The second-order valence-corrected chi connectivity index (χ2v) is 8.13. The van der Waals surface area contributed by atoms with Crippen molar-refractivity contribution in [2.24, 2.45) is 10.4 Å². The first kappa shape index (κ1) is 21.0. The molecule has 7 heteroatoms. The number of aliphatic imine (C=N–C) groups is 1. The van der Waals surface area contributed by atoms with Gasteiger partial charge < -0.3 is 25.0 Å². The van der Waals surface area contributed by atoms with Gasteiger partial charge in [-0.1, -0.05) is 20.8 Å². The van der Waals surface area contributed by atoms with Gasteiger partial charge in [-0.2, -0.15) is 0 Å². The minimum atomic E-state index is -0.354. The predicted molar refractivity (Wildman–Crippen MR) is 103 cm³/mol. The molecule has 0 saturated carbocycles. The van der Waals surface area contributed by atoms with E-state index in [2.05, 4.69) is 20.5 Å². The molecule has 2 rings (SSSR count). The van der Waals surface area contributed by atoms with Crippen LogP contribution < -0.4 is 10.6 Å². The molecule has 0 spiro atoms. The quantitative estimate of drug-likeness (QED) is 0.421. The lowest BCUT2D eigenvalue weighted by Gasteiger charge is -2.34. The summed E-state index contributed by atoms with van der Waals surface area (Å²) < 4.78 is 11.6. The molecule has 150 valence electrons. The van der Waals surface area contributed by atoms with E-state index >= 15 is 0 Å². The molecule has 2 aliphatic heterocycles. The number of guanidine groups is 1. The number of carbonyl (C=O) groups is 1. The van der Waals surface area contributed by atoms with Crippen LogP contribution in [0.15, 0.2) is 4.99 Å². The molecule has 1 unspecified atom stereocenters. The van der Waals surface area contributed by atoms with E-state index in [0.717, 1.165) is 57.9 Å². The van der Waals surface area contributed by atoms with Crippen molar-refractivity contribution >= 4 is 11.9 Å². The summed E-state index contributed by atoms with van der Waals surface area (Å²) in [7, 11) is 1.80. The molecule has 0 aromatic carbocycles. The fourth-order valence-electron chi connectivity index (χ4n) is 3.20. The van der Waals surface area contributed by atoms with E-state index in [0.29, 0.717) is 25.3 Å². The van der Waals surface area contributed by atoms with Crippen molar-refractivity contribution in [2.45, 2.75) is 58.7 Å². The van der Waals surface area contributed by atoms with Crippen LogP contribution >= 0.6 is 0 Å². The summed E-state index contributed by atoms with van der Waals surface area (Å²) in [5, 5.41) is 6.29. The van der Waals surface area contributed by atoms with Crippen molar-refractivity contribution in [1.82, 2.24) is 15.5 Å². The van der Waals surface area contributed by atoms with Crippen molar-refractivity contribution in [3.05, 3.63) is 0 Å². The van der Waals surface area contributed by atoms with Gasteiger partial charge in [-0.3, -0.25) is 9.79 Å². The number of nitrogens with one attached hydrogen (secondary N) is 2. The minimum Gasteiger partial charge on any atom is -0.376 e. The summed E-state index contributed by atoms with van der Waals surface area (Å²) >= 11 is 0. The largest absolute Gasteiger partial charge is 0.376 e. The third kappa shape index (κ3) is 6.76.